The number of non-ortho nitro benzene ring substituents is 1. The van der Waals surface area contributed by atoms with Gasteiger partial charge in [0.25, 0.3) is 5.69 Å². The first kappa shape index (κ1) is 20.2. The van der Waals surface area contributed by atoms with Crippen LogP contribution in [0.25, 0.3) is 0 Å². The predicted octanol–water partition coefficient (Wildman–Crippen LogP) is -0.191. The van der Waals surface area contributed by atoms with Gasteiger partial charge in [-0.1, -0.05) is 0 Å². The summed E-state index contributed by atoms with van der Waals surface area (Å²) in [6.07, 6.45) is -2.79. The second-order valence-electron chi connectivity index (χ2n) is 4.04. The van der Waals surface area contributed by atoms with E-state index in [-0.39, 0.29) is 29.3 Å². The van der Waals surface area contributed by atoms with Crippen molar-refractivity contribution in [3.63, 3.8) is 0 Å². The van der Waals surface area contributed by atoms with Gasteiger partial charge in [-0.3, -0.25) is 10.1 Å². The Balaban J connectivity index is 0.00000441. The molecule has 0 aliphatic carbocycles. The Morgan fingerprint density at radius 1 is 1.23 bits per heavy atom. The Hall–Kier alpha value is -1.75. The predicted molar refractivity (Wildman–Crippen MR) is 79.0 cm³/mol. The highest BCUT2D eigenvalue weighted by Crippen LogP contribution is 2.17. The SMILES string of the molecule is Br.O=C(OCC(O)COc1ccc([N+](=O)[O-])cc1)C(O)CO. The number of aliphatic hydroxyl groups excluding tert-OH is 3. The van der Waals surface area contributed by atoms with Crippen molar-refractivity contribution < 1.29 is 34.5 Å². The number of hydrogen-bond acceptors (Lipinski definition) is 8. The summed E-state index contributed by atoms with van der Waals surface area (Å²) < 4.78 is 9.67. The van der Waals surface area contributed by atoms with Crippen molar-refractivity contribution in [2.75, 3.05) is 19.8 Å². The molecule has 0 spiro atoms. The van der Waals surface area contributed by atoms with Crippen molar-refractivity contribution in [1.82, 2.24) is 0 Å². The van der Waals surface area contributed by atoms with E-state index in [0.717, 1.165) is 0 Å². The van der Waals surface area contributed by atoms with Gasteiger partial charge in [-0.05, 0) is 12.1 Å². The molecule has 1 aromatic carbocycles. The molecular formula is C12H16BrNO8. The van der Waals surface area contributed by atoms with E-state index >= 15 is 0 Å². The second-order valence-corrected chi connectivity index (χ2v) is 4.04. The molecule has 2 unspecified atom stereocenters. The van der Waals surface area contributed by atoms with Crippen molar-refractivity contribution in [3.8, 4) is 5.75 Å². The molecule has 0 radical (unpaired) electrons. The number of nitro benzene ring substituents is 1. The zero-order chi connectivity index (χ0) is 15.8. The van der Waals surface area contributed by atoms with Crippen molar-refractivity contribution in [3.05, 3.63) is 34.4 Å². The fraction of sp³-hybridized carbons (Fsp3) is 0.417. The number of rotatable bonds is 8. The lowest BCUT2D eigenvalue weighted by molar-refractivity contribution is -0.384. The van der Waals surface area contributed by atoms with E-state index in [2.05, 4.69) is 4.74 Å². The molecule has 0 aliphatic rings. The summed E-state index contributed by atoms with van der Waals surface area (Å²) in [6, 6.07) is 5.23. The number of nitrogens with zero attached hydrogens (tertiary/aromatic N) is 1. The van der Waals surface area contributed by atoms with E-state index < -0.39 is 36.3 Å². The highest BCUT2D eigenvalue weighted by molar-refractivity contribution is 8.93. The number of nitro groups is 1. The van der Waals surface area contributed by atoms with Crippen LogP contribution in [0.15, 0.2) is 24.3 Å². The van der Waals surface area contributed by atoms with Crippen molar-refractivity contribution in [2.24, 2.45) is 0 Å². The number of halogens is 1. The Morgan fingerprint density at radius 3 is 2.32 bits per heavy atom. The molecule has 0 bridgehead atoms. The Labute approximate surface area is 136 Å². The monoisotopic (exact) mass is 381 g/mol. The number of benzene rings is 1. The Morgan fingerprint density at radius 2 is 1.82 bits per heavy atom. The molecule has 0 saturated heterocycles. The van der Waals surface area contributed by atoms with Crippen LogP contribution in [-0.4, -0.2) is 58.2 Å². The van der Waals surface area contributed by atoms with Gasteiger partial charge >= 0.3 is 5.97 Å². The van der Waals surface area contributed by atoms with Crippen LogP contribution in [0.4, 0.5) is 5.69 Å². The average Bonchev–Trinajstić information content (AvgIpc) is 2.49. The minimum atomic E-state index is -1.65. The van der Waals surface area contributed by atoms with E-state index in [4.69, 9.17) is 14.9 Å². The van der Waals surface area contributed by atoms with E-state index in [1.54, 1.807) is 0 Å². The Kier molecular flexibility index (Phi) is 9.26. The largest absolute Gasteiger partial charge is 0.491 e. The third-order valence-electron chi connectivity index (χ3n) is 2.35. The third-order valence-corrected chi connectivity index (χ3v) is 2.35. The molecule has 10 heteroatoms. The third kappa shape index (κ3) is 6.80. The molecule has 9 nitrogen and oxygen atoms in total. The highest BCUT2D eigenvalue weighted by Gasteiger charge is 2.17. The lowest BCUT2D eigenvalue weighted by atomic mass is 10.3. The van der Waals surface area contributed by atoms with E-state index in [1.807, 2.05) is 0 Å². The molecule has 0 fully saturated rings. The highest BCUT2D eigenvalue weighted by atomic mass is 79.9. The molecule has 0 amide bonds. The molecule has 0 aromatic heterocycles. The van der Waals surface area contributed by atoms with Gasteiger partial charge in [0.15, 0.2) is 6.10 Å². The molecule has 22 heavy (non-hydrogen) atoms. The van der Waals surface area contributed by atoms with Crippen LogP contribution in [0.3, 0.4) is 0 Å². The molecule has 2 atom stereocenters. The molecule has 124 valence electrons. The van der Waals surface area contributed by atoms with Crippen LogP contribution in [0.2, 0.25) is 0 Å². The van der Waals surface area contributed by atoms with Crippen LogP contribution in [0.5, 0.6) is 5.75 Å². The minimum Gasteiger partial charge on any atom is -0.491 e. The second kappa shape index (κ2) is 10.1. The average molecular weight is 382 g/mol. The van der Waals surface area contributed by atoms with Crippen LogP contribution in [0, 0.1) is 10.1 Å². The standard InChI is InChI=1S/C12H15NO8.BrH/c14-5-11(16)12(17)21-7-9(15)6-20-10-3-1-8(2-4-10)13(18)19;/h1-4,9,11,14-16H,5-7H2;1H. The van der Waals surface area contributed by atoms with Crippen LogP contribution in [0.1, 0.15) is 0 Å². The fourth-order valence-corrected chi connectivity index (χ4v) is 1.25. The first-order valence-corrected chi connectivity index (χ1v) is 5.95. The van der Waals surface area contributed by atoms with E-state index in [9.17, 15) is 20.0 Å². The van der Waals surface area contributed by atoms with Crippen molar-refractivity contribution >= 4 is 28.6 Å². The number of ether oxygens (including phenoxy) is 2. The fourth-order valence-electron chi connectivity index (χ4n) is 1.25. The normalized spacial score (nSPS) is 12.7. The van der Waals surface area contributed by atoms with Gasteiger partial charge in [-0.25, -0.2) is 4.79 Å². The number of carbonyl (C=O) groups excluding carboxylic acids is 1. The summed E-state index contributed by atoms with van der Waals surface area (Å²) in [5.74, 6) is -0.742. The van der Waals surface area contributed by atoms with Gasteiger partial charge < -0.3 is 24.8 Å². The molecule has 0 heterocycles. The lowest BCUT2D eigenvalue weighted by Crippen LogP contribution is -2.31. The molecule has 0 aliphatic heterocycles. The zero-order valence-electron chi connectivity index (χ0n) is 11.3. The summed E-state index contributed by atoms with van der Waals surface area (Å²) in [4.78, 5) is 20.9. The molecular weight excluding hydrogens is 366 g/mol. The Bertz CT molecular complexity index is 481. The topological polar surface area (TPSA) is 139 Å². The van der Waals surface area contributed by atoms with Gasteiger partial charge in [-0.15, -0.1) is 17.0 Å². The van der Waals surface area contributed by atoms with Gasteiger partial charge in [0.05, 0.1) is 11.5 Å². The zero-order valence-corrected chi connectivity index (χ0v) is 13.0. The maximum atomic E-state index is 11.0. The molecule has 0 saturated carbocycles. The number of esters is 1. The van der Waals surface area contributed by atoms with Crippen molar-refractivity contribution in [2.45, 2.75) is 12.2 Å². The number of aliphatic hydroxyl groups is 3. The van der Waals surface area contributed by atoms with E-state index in [1.165, 1.54) is 24.3 Å². The summed E-state index contributed by atoms with van der Waals surface area (Å²) >= 11 is 0. The van der Waals surface area contributed by atoms with Crippen molar-refractivity contribution in [1.29, 1.82) is 0 Å². The minimum absolute atomic E-state index is 0. The first-order chi connectivity index (χ1) is 9.93. The lowest BCUT2D eigenvalue weighted by Gasteiger charge is -2.13. The van der Waals surface area contributed by atoms with Crippen LogP contribution in [-0.2, 0) is 9.53 Å². The number of carbonyl (C=O) groups is 1. The van der Waals surface area contributed by atoms with Gasteiger partial charge in [0.2, 0.25) is 0 Å². The van der Waals surface area contributed by atoms with Crippen LogP contribution >= 0.6 is 17.0 Å². The van der Waals surface area contributed by atoms with E-state index in [0.29, 0.717) is 5.75 Å². The molecule has 1 rings (SSSR count). The van der Waals surface area contributed by atoms with Crippen LogP contribution < -0.4 is 4.74 Å². The van der Waals surface area contributed by atoms with Gasteiger partial charge in [0, 0.05) is 12.1 Å². The molecule has 3 N–H and O–H groups in total. The van der Waals surface area contributed by atoms with Gasteiger partial charge in [0.1, 0.15) is 25.1 Å². The molecule has 1 aromatic rings. The number of hydrogen-bond donors (Lipinski definition) is 3. The first-order valence-electron chi connectivity index (χ1n) is 5.95. The summed E-state index contributed by atoms with van der Waals surface area (Å²) in [7, 11) is 0. The quantitative estimate of drug-likeness (QED) is 0.319. The summed E-state index contributed by atoms with van der Waals surface area (Å²) in [6.45, 7) is -1.39. The summed E-state index contributed by atoms with van der Waals surface area (Å²) in [5.41, 5.74) is -0.0881. The van der Waals surface area contributed by atoms with Gasteiger partial charge in [-0.2, -0.15) is 0 Å². The smallest absolute Gasteiger partial charge is 0.337 e. The summed E-state index contributed by atoms with van der Waals surface area (Å²) in [5, 5.41) is 37.4. The maximum absolute atomic E-state index is 11.0. The maximum Gasteiger partial charge on any atom is 0.337 e.